The third kappa shape index (κ3) is 1.87. The van der Waals surface area contributed by atoms with Crippen molar-refractivity contribution in [3.63, 3.8) is 0 Å². The fourth-order valence-corrected chi connectivity index (χ4v) is 2.13. The van der Waals surface area contributed by atoms with Crippen molar-refractivity contribution in [2.75, 3.05) is 5.73 Å². The van der Waals surface area contributed by atoms with Crippen molar-refractivity contribution < 1.29 is 0 Å². The van der Waals surface area contributed by atoms with Crippen molar-refractivity contribution in [1.29, 1.82) is 0 Å². The van der Waals surface area contributed by atoms with Crippen LogP contribution in [0.2, 0.25) is 0 Å². The summed E-state index contributed by atoms with van der Waals surface area (Å²) in [4.78, 5) is 4.50. The lowest BCUT2D eigenvalue weighted by molar-refractivity contribution is 0.822. The second kappa shape index (κ2) is 4.52. The van der Waals surface area contributed by atoms with Gasteiger partial charge in [0.1, 0.15) is 0 Å². The van der Waals surface area contributed by atoms with Gasteiger partial charge in [-0.1, -0.05) is 26.0 Å². The van der Waals surface area contributed by atoms with E-state index < -0.39 is 0 Å². The molecule has 0 aromatic heterocycles. The maximum absolute atomic E-state index is 5.91. The third-order valence-electron chi connectivity index (χ3n) is 3.15. The van der Waals surface area contributed by atoms with Crippen LogP contribution in [-0.4, -0.2) is 6.21 Å². The number of aliphatic imine (C=N–C) groups is 1. The van der Waals surface area contributed by atoms with Gasteiger partial charge in [0.05, 0.1) is 6.04 Å². The van der Waals surface area contributed by atoms with E-state index in [9.17, 15) is 0 Å². The van der Waals surface area contributed by atoms with Gasteiger partial charge in [-0.05, 0) is 41.7 Å². The van der Waals surface area contributed by atoms with Crippen LogP contribution in [0.4, 0.5) is 5.69 Å². The molecule has 1 aromatic carbocycles. The summed E-state index contributed by atoms with van der Waals surface area (Å²) in [5.74, 6) is 0. The van der Waals surface area contributed by atoms with Crippen LogP contribution in [0.5, 0.6) is 0 Å². The minimum absolute atomic E-state index is 0.218. The van der Waals surface area contributed by atoms with E-state index in [4.69, 9.17) is 5.73 Å². The first kappa shape index (κ1) is 10.9. The van der Waals surface area contributed by atoms with Crippen molar-refractivity contribution >= 4 is 11.9 Å². The number of nitrogens with zero attached hydrogens (tertiary/aromatic N) is 1. The molecule has 1 unspecified atom stereocenters. The Morgan fingerprint density at radius 2 is 2.06 bits per heavy atom. The highest BCUT2D eigenvalue weighted by atomic mass is 14.8. The summed E-state index contributed by atoms with van der Waals surface area (Å²) < 4.78 is 0. The first-order chi connectivity index (χ1) is 7.76. The smallest absolute Gasteiger partial charge is 0.0963 e. The van der Waals surface area contributed by atoms with Gasteiger partial charge < -0.3 is 5.73 Å². The van der Waals surface area contributed by atoms with Crippen molar-refractivity contribution in [2.24, 2.45) is 4.99 Å². The van der Waals surface area contributed by atoms with Crippen LogP contribution in [0, 0.1) is 0 Å². The Labute approximate surface area is 96.9 Å². The molecule has 0 radical (unpaired) electrons. The Bertz CT molecular complexity index is 444. The van der Waals surface area contributed by atoms with Crippen molar-refractivity contribution in [2.45, 2.75) is 32.7 Å². The molecule has 0 fully saturated rings. The number of anilines is 1. The Balaban J connectivity index is 2.34. The van der Waals surface area contributed by atoms with Crippen molar-refractivity contribution in [1.82, 2.24) is 0 Å². The van der Waals surface area contributed by atoms with Crippen LogP contribution in [-0.2, 0) is 6.42 Å². The average Bonchev–Trinajstić information content (AvgIpc) is 2.78. The molecular weight excluding hydrogens is 196 g/mol. The van der Waals surface area contributed by atoms with E-state index in [1.165, 1.54) is 16.7 Å². The predicted molar refractivity (Wildman–Crippen MR) is 69.8 cm³/mol. The second-order valence-corrected chi connectivity index (χ2v) is 4.11. The van der Waals surface area contributed by atoms with Crippen LogP contribution < -0.4 is 5.73 Å². The Morgan fingerprint density at radius 3 is 2.75 bits per heavy atom. The first-order valence-electron chi connectivity index (χ1n) is 5.86. The zero-order valence-electron chi connectivity index (χ0n) is 9.90. The lowest BCUT2D eigenvalue weighted by atomic mass is 9.96. The van der Waals surface area contributed by atoms with E-state index >= 15 is 0 Å². The highest BCUT2D eigenvalue weighted by Crippen LogP contribution is 2.32. The molecule has 1 atom stereocenters. The number of hydrogen-bond donors (Lipinski definition) is 1. The van der Waals surface area contributed by atoms with Gasteiger partial charge in [-0.25, -0.2) is 0 Å². The summed E-state index contributed by atoms with van der Waals surface area (Å²) in [6.45, 7) is 4.30. The molecule has 2 heteroatoms. The quantitative estimate of drug-likeness (QED) is 0.770. The maximum atomic E-state index is 5.91. The highest BCUT2D eigenvalue weighted by molar-refractivity contribution is 5.76. The normalized spacial score (nSPS) is 18.9. The summed E-state index contributed by atoms with van der Waals surface area (Å²) in [6.07, 6.45) is 6.05. The lowest BCUT2D eigenvalue weighted by Gasteiger charge is -2.14. The Hall–Kier alpha value is -1.57. The minimum Gasteiger partial charge on any atom is -0.399 e. The second-order valence-electron chi connectivity index (χ2n) is 4.11. The molecule has 0 bridgehead atoms. The van der Waals surface area contributed by atoms with E-state index in [1.807, 2.05) is 12.3 Å². The van der Waals surface area contributed by atoms with E-state index in [0.717, 1.165) is 18.5 Å². The average molecular weight is 214 g/mol. The van der Waals surface area contributed by atoms with Crippen molar-refractivity contribution in [3.05, 3.63) is 41.0 Å². The zero-order chi connectivity index (χ0) is 11.5. The van der Waals surface area contributed by atoms with E-state index in [1.54, 1.807) is 0 Å². The maximum Gasteiger partial charge on any atom is 0.0963 e. The number of nitrogen functional groups attached to an aromatic ring is 1. The largest absolute Gasteiger partial charge is 0.399 e. The fraction of sp³-hybridized carbons (Fsp3) is 0.357. The molecule has 2 nitrogen and oxygen atoms in total. The van der Waals surface area contributed by atoms with Gasteiger partial charge >= 0.3 is 0 Å². The lowest BCUT2D eigenvalue weighted by Crippen LogP contribution is -2.00. The molecule has 1 heterocycles. The fourth-order valence-electron chi connectivity index (χ4n) is 2.13. The van der Waals surface area contributed by atoms with Crippen LogP contribution in [0.3, 0.4) is 0 Å². The molecule has 1 aliphatic heterocycles. The van der Waals surface area contributed by atoms with E-state index in [-0.39, 0.29) is 6.04 Å². The predicted octanol–water partition coefficient (Wildman–Crippen LogP) is 3.29. The number of allylic oxidation sites excluding steroid dienone is 1. The van der Waals surface area contributed by atoms with Gasteiger partial charge in [0, 0.05) is 11.9 Å². The molecule has 84 valence electrons. The summed E-state index contributed by atoms with van der Waals surface area (Å²) in [5.41, 5.74) is 10.7. The Kier molecular flexibility index (Phi) is 3.09. The summed E-state index contributed by atoms with van der Waals surface area (Å²) in [5, 5.41) is 0. The molecule has 1 aliphatic rings. The number of hydrogen-bond acceptors (Lipinski definition) is 2. The standard InChI is InChI=1S/C14H18N2/c1-3-10-7-8-16-14(10)12-5-6-13(15)11(4-2)9-12/h5-9,14H,3-4,15H2,1-2H3. The van der Waals surface area contributed by atoms with Crippen LogP contribution in [0.1, 0.15) is 37.4 Å². The molecule has 1 aromatic rings. The van der Waals surface area contributed by atoms with Gasteiger partial charge in [-0.2, -0.15) is 0 Å². The molecule has 2 rings (SSSR count). The highest BCUT2D eigenvalue weighted by Gasteiger charge is 2.17. The van der Waals surface area contributed by atoms with Gasteiger partial charge in [-0.15, -0.1) is 0 Å². The monoisotopic (exact) mass is 214 g/mol. The topological polar surface area (TPSA) is 38.4 Å². The number of nitrogens with two attached hydrogens (primary N) is 1. The molecule has 0 saturated heterocycles. The van der Waals surface area contributed by atoms with Gasteiger partial charge in [0.15, 0.2) is 0 Å². The molecule has 2 N–H and O–H groups in total. The molecule has 16 heavy (non-hydrogen) atoms. The number of aryl methyl sites for hydroxylation is 1. The van der Waals surface area contributed by atoms with Crippen molar-refractivity contribution in [3.8, 4) is 0 Å². The van der Waals surface area contributed by atoms with Crippen LogP contribution in [0.15, 0.2) is 34.8 Å². The van der Waals surface area contributed by atoms with Gasteiger partial charge in [0.2, 0.25) is 0 Å². The summed E-state index contributed by atoms with van der Waals surface area (Å²) >= 11 is 0. The Morgan fingerprint density at radius 1 is 1.25 bits per heavy atom. The first-order valence-corrected chi connectivity index (χ1v) is 5.86. The molecule has 0 saturated carbocycles. The SMILES string of the molecule is CCC1=CC=NC1c1ccc(N)c(CC)c1. The minimum atomic E-state index is 0.218. The molecule has 0 aliphatic carbocycles. The molecule has 0 spiro atoms. The number of benzene rings is 1. The van der Waals surface area contributed by atoms with Gasteiger partial charge in [-0.3, -0.25) is 4.99 Å². The van der Waals surface area contributed by atoms with Gasteiger partial charge in [0.25, 0.3) is 0 Å². The number of rotatable bonds is 3. The van der Waals surface area contributed by atoms with Crippen LogP contribution in [0.25, 0.3) is 0 Å². The van der Waals surface area contributed by atoms with E-state index in [0.29, 0.717) is 0 Å². The van der Waals surface area contributed by atoms with Crippen LogP contribution >= 0.6 is 0 Å². The van der Waals surface area contributed by atoms with E-state index in [2.05, 4.69) is 37.0 Å². The molecular formula is C14H18N2. The third-order valence-corrected chi connectivity index (χ3v) is 3.15. The summed E-state index contributed by atoms with van der Waals surface area (Å²) in [6, 6.07) is 6.49. The summed E-state index contributed by atoms with van der Waals surface area (Å²) in [7, 11) is 0. The zero-order valence-corrected chi connectivity index (χ0v) is 9.90. The molecule has 0 amide bonds.